The SMILES string of the molecule is Cc1ccccc1NS(=O)(=O)c1ccc(C(=O)NCCCc2nc3ccccc3s2)cc1. The highest BCUT2D eigenvalue weighted by molar-refractivity contribution is 7.92. The third-order valence-electron chi connectivity index (χ3n) is 5.01. The van der Waals surface area contributed by atoms with Crippen molar-refractivity contribution in [2.75, 3.05) is 11.3 Å². The summed E-state index contributed by atoms with van der Waals surface area (Å²) in [5, 5.41) is 3.93. The topological polar surface area (TPSA) is 88.2 Å². The van der Waals surface area contributed by atoms with Crippen molar-refractivity contribution in [2.24, 2.45) is 0 Å². The highest BCUT2D eigenvalue weighted by Crippen LogP contribution is 2.22. The third kappa shape index (κ3) is 5.15. The molecule has 1 amide bonds. The minimum atomic E-state index is -3.73. The number of thiazole rings is 1. The molecular formula is C24H23N3O3S2. The Morgan fingerprint density at radius 1 is 0.969 bits per heavy atom. The number of carbonyl (C=O) groups excluding carboxylic acids is 1. The van der Waals surface area contributed by atoms with Crippen molar-refractivity contribution >= 4 is 43.2 Å². The van der Waals surface area contributed by atoms with Crippen LogP contribution >= 0.6 is 11.3 Å². The molecule has 0 atom stereocenters. The first-order chi connectivity index (χ1) is 15.4. The summed E-state index contributed by atoms with van der Waals surface area (Å²) in [6, 6.07) is 21.1. The number of para-hydroxylation sites is 2. The molecule has 4 rings (SSSR count). The van der Waals surface area contributed by atoms with Crippen LogP contribution in [0.5, 0.6) is 0 Å². The maximum Gasteiger partial charge on any atom is 0.261 e. The predicted molar refractivity (Wildman–Crippen MR) is 129 cm³/mol. The minimum Gasteiger partial charge on any atom is -0.352 e. The fraction of sp³-hybridized carbons (Fsp3) is 0.167. The molecule has 0 aliphatic rings. The van der Waals surface area contributed by atoms with Gasteiger partial charge in [0.15, 0.2) is 0 Å². The molecule has 8 heteroatoms. The zero-order valence-electron chi connectivity index (χ0n) is 17.5. The van der Waals surface area contributed by atoms with Crippen LogP contribution in [0.2, 0.25) is 0 Å². The molecule has 0 saturated heterocycles. The van der Waals surface area contributed by atoms with Gasteiger partial charge in [-0.25, -0.2) is 13.4 Å². The maximum atomic E-state index is 12.6. The van der Waals surface area contributed by atoms with E-state index in [1.165, 1.54) is 29.0 Å². The molecule has 164 valence electrons. The molecule has 0 radical (unpaired) electrons. The van der Waals surface area contributed by atoms with Crippen LogP contribution in [0.25, 0.3) is 10.2 Å². The van der Waals surface area contributed by atoms with E-state index in [4.69, 9.17) is 0 Å². The van der Waals surface area contributed by atoms with E-state index in [-0.39, 0.29) is 10.8 Å². The van der Waals surface area contributed by atoms with Gasteiger partial charge in [0.2, 0.25) is 0 Å². The molecule has 0 fully saturated rings. The first-order valence-corrected chi connectivity index (χ1v) is 12.5. The second kappa shape index (κ2) is 9.50. The van der Waals surface area contributed by atoms with Gasteiger partial charge in [0.1, 0.15) is 0 Å². The van der Waals surface area contributed by atoms with Crippen LogP contribution in [0.1, 0.15) is 27.3 Å². The number of benzene rings is 3. The van der Waals surface area contributed by atoms with Crippen LogP contribution in [0.15, 0.2) is 77.7 Å². The molecule has 1 heterocycles. The Balaban J connectivity index is 1.31. The van der Waals surface area contributed by atoms with Crippen LogP contribution < -0.4 is 10.0 Å². The van der Waals surface area contributed by atoms with E-state index in [2.05, 4.69) is 21.1 Å². The van der Waals surface area contributed by atoms with Gasteiger partial charge in [-0.1, -0.05) is 30.3 Å². The molecule has 0 unspecified atom stereocenters. The van der Waals surface area contributed by atoms with Gasteiger partial charge >= 0.3 is 0 Å². The third-order valence-corrected chi connectivity index (χ3v) is 7.48. The van der Waals surface area contributed by atoms with E-state index in [1.54, 1.807) is 23.5 Å². The van der Waals surface area contributed by atoms with Crippen molar-refractivity contribution in [2.45, 2.75) is 24.7 Å². The van der Waals surface area contributed by atoms with Crippen molar-refractivity contribution in [3.63, 3.8) is 0 Å². The molecule has 6 nitrogen and oxygen atoms in total. The zero-order valence-corrected chi connectivity index (χ0v) is 19.2. The number of fused-ring (bicyclic) bond motifs is 1. The summed E-state index contributed by atoms with van der Waals surface area (Å²) in [5.74, 6) is -0.231. The summed E-state index contributed by atoms with van der Waals surface area (Å²) in [4.78, 5) is 17.1. The molecule has 1 aromatic heterocycles. The zero-order chi connectivity index (χ0) is 22.6. The first kappa shape index (κ1) is 22.0. The number of hydrogen-bond donors (Lipinski definition) is 2. The number of nitrogens with zero attached hydrogens (tertiary/aromatic N) is 1. The lowest BCUT2D eigenvalue weighted by Crippen LogP contribution is -2.24. The molecule has 32 heavy (non-hydrogen) atoms. The largest absolute Gasteiger partial charge is 0.352 e. The second-order valence-electron chi connectivity index (χ2n) is 7.38. The van der Waals surface area contributed by atoms with Gasteiger partial charge in [0, 0.05) is 18.5 Å². The molecule has 0 aliphatic carbocycles. The molecule has 0 spiro atoms. The Morgan fingerprint density at radius 3 is 2.44 bits per heavy atom. The van der Waals surface area contributed by atoms with E-state index in [0.717, 1.165) is 28.9 Å². The highest BCUT2D eigenvalue weighted by atomic mass is 32.2. The number of anilines is 1. The average Bonchev–Trinajstić information content (AvgIpc) is 3.21. The lowest BCUT2D eigenvalue weighted by molar-refractivity contribution is 0.0953. The molecule has 2 N–H and O–H groups in total. The summed E-state index contributed by atoms with van der Waals surface area (Å²) < 4.78 is 29.0. The van der Waals surface area contributed by atoms with Crippen molar-refractivity contribution in [1.82, 2.24) is 10.3 Å². The summed E-state index contributed by atoms with van der Waals surface area (Å²) in [5.41, 5.74) is 2.78. The quantitative estimate of drug-likeness (QED) is 0.367. The Kier molecular flexibility index (Phi) is 6.53. The van der Waals surface area contributed by atoms with Gasteiger partial charge in [0.05, 0.1) is 25.8 Å². The van der Waals surface area contributed by atoms with Crippen molar-refractivity contribution in [3.05, 3.63) is 88.9 Å². The van der Waals surface area contributed by atoms with Crippen LogP contribution in [0.3, 0.4) is 0 Å². The maximum absolute atomic E-state index is 12.6. The Bertz CT molecular complexity index is 1310. The van der Waals surface area contributed by atoms with Crippen molar-refractivity contribution in [3.8, 4) is 0 Å². The van der Waals surface area contributed by atoms with Gasteiger partial charge < -0.3 is 5.32 Å². The van der Waals surface area contributed by atoms with Crippen LogP contribution in [-0.2, 0) is 16.4 Å². The molecule has 0 aliphatic heterocycles. The van der Waals surface area contributed by atoms with Crippen molar-refractivity contribution < 1.29 is 13.2 Å². The molecular weight excluding hydrogens is 442 g/mol. The van der Waals surface area contributed by atoms with Gasteiger partial charge in [-0.05, 0) is 61.4 Å². The van der Waals surface area contributed by atoms with Crippen LogP contribution in [0.4, 0.5) is 5.69 Å². The van der Waals surface area contributed by atoms with E-state index >= 15 is 0 Å². The number of hydrogen-bond acceptors (Lipinski definition) is 5. The molecule has 4 aromatic rings. The Hall–Kier alpha value is -3.23. The Labute approximate surface area is 191 Å². The number of nitrogens with one attached hydrogen (secondary N) is 2. The van der Waals surface area contributed by atoms with E-state index < -0.39 is 10.0 Å². The van der Waals surface area contributed by atoms with Gasteiger partial charge in [-0.3, -0.25) is 9.52 Å². The smallest absolute Gasteiger partial charge is 0.261 e. The molecule has 3 aromatic carbocycles. The highest BCUT2D eigenvalue weighted by Gasteiger charge is 2.16. The van der Waals surface area contributed by atoms with Gasteiger partial charge in [-0.15, -0.1) is 11.3 Å². The van der Waals surface area contributed by atoms with Gasteiger partial charge in [0.25, 0.3) is 15.9 Å². The van der Waals surface area contributed by atoms with E-state index in [0.29, 0.717) is 17.8 Å². The van der Waals surface area contributed by atoms with E-state index in [9.17, 15) is 13.2 Å². The van der Waals surface area contributed by atoms with E-state index in [1.807, 2.05) is 37.3 Å². The number of aromatic nitrogens is 1. The van der Waals surface area contributed by atoms with Crippen molar-refractivity contribution in [1.29, 1.82) is 0 Å². The number of aryl methyl sites for hydroxylation is 2. The number of sulfonamides is 1. The normalized spacial score (nSPS) is 11.4. The number of amides is 1. The monoisotopic (exact) mass is 465 g/mol. The average molecular weight is 466 g/mol. The van der Waals surface area contributed by atoms with Crippen LogP contribution in [0, 0.1) is 6.92 Å². The fourth-order valence-electron chi connectivity index (χ4n) is 3.25. The lowest BCUT2D eigenvalue weighted by Gasteiger charge is -2.11. The first-order valence-electron chi connectivity index (χ1n) is 10.2. The molecule has 0 saturated carbocycles. The fourth-order valence-corrected chi connectivity index (χ4v) is 5.39. The predicted octanol–water partition coefficient (Wildman–Crippen LogP) is 4.77. The minimum absolute atomic E-state index is 0.105. The Morgan fingerprint density at radius 2 is 1.69 bits per heavy atom. The summed E-state index contributed by atoms with van der Waals surface area (Å²) in [6.07, 6.45) is 1.57. The second-order valence-corrected chi connectivity index (χ2v) is 10.2. The summed E-state index contributed by atoms with van der Waals surface area (Å²) in [7, 11) is -3.73. The lowest BCUT2D eigenvalue weighted by atomic mass is 10.2. The number of carbonyl (C=O) groups is 1. The number of rotatable bonds is 8. The van der Waals surface area contributed by atoms with Gasteiger partial charge in [-0.2, -0.15) is 0 Å². The summed E-state index contributed by atoms with van der Waals surface area (Å²) in [6.45, 7) is 2.35. The molecule has 0 bridgehead atoms. The standard InChI is InChI=1S/C24H23N3O3S2/c1-17-7-2-3-8-20(17)27-32(29,30)19-14-12-18(13-15-19)24(28)25-16-6-11-23-26-21-9-4-5-10-22(21)31-23/h2-5,7-10,12-15,27H,6,11,16H2,1H3,(H,25,28). The summed E-state index contributed by atoms with van der Waals surface area (Å²) >= 11 is 1.67. The van der Waals surface area contributed by atoms with Crippen LogP contribution in [-0.4, -0.2) is 25.9 Å².